The molecule has 0 radical (unpaired) electrons. The van der Waals surface area contributed by atoms with Crippen molar-refractivity contribution < 1.29 is 13.2 Å². The molecule has 1 saturated heterocycles. The zero-order valence-electron chi connectivity index (χ0n) is 16.1. The van der Waals surface area contributed by atoms with Crippen LogP contribution in [-0.4, -0.2) is 41.5 Å². The third-order valence-corrected chi connectivity index (χ3v) is 7.09. The van der Waals surface area contributed by atoms with Gasteiger partial charge in [0.15, 0.2) is 0 Å². The molecule has 1 N–H and O–H groups in total. The summed E-state index contributed by atoms with van der Waals surface area (Å²) in [5, 5.41) is 7.39. The van der Waals surface area contributed by atoms with E-state index < -0.39 is 15.9 Å². The minimum atomic E-state index is -3.54. The fourth-order valence-electron chi connectivity index (χ4n) is 3.27. The summed E-state index contributed by atoms with van der Waals surface area (Å²) < 4.78 is 28.6. The van der Waals surface area contributed by atoms with Crippen LogP contribution < -0.4 is 5.32 Å². The van der Waals surface area contributed by atoms with Crippen LogP contribution in [0.5, 0.6) is 0 Å². The molecule has 0 unspecified atom stereocenters. The summed E-state index contributed by atoms with van der Waals surface area (Å²) in [4.78, 5) is 12.9. The average Bonchev–Trinajstić information content (AvgIpc) is 3.29. The second-order valence-corrected chi connectivity index (χ2v) is 9.22. The highest BCUT2D eigenvalue weighted by molar-refractivity contribution is 7.89. The van der Waals surface area contributed by atoms with Crippen molar-refractivity contribution in [3.63, 3.8) is 0 Å². The standard InChI is InChI=1S/C19H25ClN4O3S/c1-3-4-12-24-18(20)17(14(2)22-24)19(25)21-15-8-7-9-16(13-15)28(26,27)23-10-5-6-11-23/h7-9,13H,3-6,10-12H2,1-2H3,(H,21,25). The number of benzene rings is 1. The summed E-state index contributed by atoms with van der Waals surface area (Å²) >= 11 is 6.35. The monoisotopic (exact) mass is 424 g/mol. The number of aromatic nitrogens is 2. The third kappa shape index (κ3) is 4.24. The van der Waals surface area contributed by atoms with E-state index in [-0.39, 0.29) is 4.90 Å². The fraction of sp³-hybridized carbons (Fsp3) is 0.474. The highest BCUT2D eigenvalue weighted by atomic mass is 35.5. The number of carbonyl (C=O) groups is 1. The number of rotatable bonds is 7. The molecule has 152 valence electrons. The van der Waals surface area contributed by atoms with Crippen molar-refractivity contribution in [1.29, 1.82) is 0 Å². The molecule has 1 aromatic heterocycles. The quantitative estimate of drug-likeness (QED) is 0.734. The van der Waals surface area contributed by atoms with E-state index in [1.165, 1.54) is 10.4 Å². The van der Waals surface area contributed by atoms with Gasteiger partial charge in [0.25, 0.3) is 5.91 Å². The molecule has 1 aliphatic rings. The maximum absolute atomic E-state index is 12.8. The molecule has 0 aliphatic carbocycles. The summed E-state index contributed by atoms with van der Waals surface area (Å²) in [6.45, 7) is 5.51. The van der Waals surface area contributed by atoms with E-state index in [9.17, 15) is 13.2 Å². The van der Waals surface area contributed by atoms with Gasteiger partial charge in [0, 0.05) is 25.3 Å². The first-order valence-electron chi connectivity index (χ1n) is 9.49. The Labute approximate surface area is 170 Å². The number of hydrogen-bond acceptors (Lipinski definition) is 4. The lowest BCUT2D eigenvalue weighted by atomic mass is 10.2. The van der Waals surface area contributed by atoms with Crippen molar-refractivity contribution in [3.8, 4) is 0 Å². The van der Waals surface area contributed by atoms with Gasteiger partial charge >= 0.3 is 0 Å². The van der Waals surface area contributed by atoms with Crippen molar-refractivity contribution in [3.05, 3.63) is 40.7 Å². The Hall–Kier alpha value is -1.90. The van der Waals surface area contributed by atoms with Crippen LogP contribution >= 0.6 is 11.6 Å². The van der Waals surface area contributed by atoms with Gasteiger partial charge in [0.05, 0.1) is 16.2 Å². The number of unbranched alkanes of at least 4 members (excludes halogenated alkanes) is 1. The van der Waals surface area contributed by atoms with Gasteiger partial charge in [-0.15, -0.1) is 0 Å². The maximum atomic E-state index is 12.8. The smallest absolute Gasteiger partial charge is 0.260 e. The Morgan fingerprint density at radius 2 is 2.00 bits per heavy atom. The molecular formula is C19H25ClN4O3S. The number of carbonyl (C=O) groups excluding carboxylic acids is 1. The highest BCUT2D eigenvalue weighted by Gasteiger charge is 2.27. The first-order chi connectivity index (χ1) is 13.3. The largest absolute Gasteiger partial charge is 0.322 e. The van der Waals surface area contributed by atoms with E-state index >= 15 is 0 Å². The van der Waals surface area contributed by atoms with Crippen molar-refractivity contribution in [2.75, 3.05) is 18.4 Å². The van der Waals surface area contributed by atoms with Crippen LogP contribution in [0.15, 0.2) is 29.2 Å². The molecule has 1 aromatic carbocycles. The lowest BCUT2D eigenvalue weighted by Gasteiger charge is -2.16. The maximum Gasteiger partial charge on any atom is 0.260 e. The summed E-state index contributed by atoms with van der Waals surface area (Å²) in [7, 11) is -3.54. The minimum Gasteiger partial charge on any atom is -0.322 e. The molecule has 0 spiro atoms. The number of nitrogens with zero attached hydrogens (tertiary/aromatic N) is 3. The number of sulfonamides is 1. The van der Waals surface area contributed by atoms with E-state index in [0.29, 0.717) is 41.7 Å². The molecule has 0 bridgehead atoms. The molecular weight excluding hydrogens is 400 g/mol. The first-order valence-corrected chi connectivity index (χ1v) is 11.3. The van der Waals surface area contributed by atoms with Gasteiger partial charge in [0.2, 0.25) is 10.0 Å². The van der Waals surface area contributed by atoms with Gasteiger partial charge in [-0.25, -0.2) is 8.42 Å². The number of nitrogens with one attached hydrogen (secondary N) is 1. The molecule has 28 heavy (non-hydrogen) atoms. The lowest BCUT2D eigenvalue weighted by Crippen LogP contribution is -2.27. The molecule has 1 fully saturated rings. The number of anilines is 1. The Morgan fingerprint density at radius 3 is 2.68 bits per heavy atom. The number of aryl methyl sites for hydroxylation is 2. The zero-order chi connectivity index (χ0) is 20.3. The summed E-state index contributed by atoms with van der Waals surface area (Å²) in [5.41, 5.74) is 1.26. The molecule has 1 amide bonds. The lowest BCUT2D eigenvalue weighted by molar-refractivity contribution is 0.102. The summed E-state index contributed by atoms with van der Waals surface area (Å²) in [5.74, 6) is -0.402. The Morgan fingerprint density at radius 1 is 1.29 bits per heavy atom. The predicted octanol–water partition coefficient (Wildman–Crippen LogP) is 3.68. The van der Waals surface area contributed by atoms with Crippen LogP contribution in [0.3, 0.4) is 0 Å². The fourth-order valence-corrected chi connectivity index (χ4v) is 5.18. The molecule has 2 aromatic rings. The Balaban J connectivity index is 1.81. The highest BCUT2D eigenvalue weighted by Crippen LogP contribution is 2.25. The summed E-state index contributed by atoms with van der Waals surface area (Å²) in [6, 6.07) is 6.31. The molecule has 1 aliphatic heterocycles. The second-order valence-electron chi connectivity index (χ2n) is 6.92. The van der Waals surface area contributed by atoms with Crippen LogP contribution in [0.4, 0.5) is 5.69 Å². The topological polar surface area (TPSA) is 84.3 Å². The van der Waals surface area contributed by atoms with Gasteiger partial charge in [-0.3, -0.25) is 9.48 Å². The van der Waals surface area contributed by atoms with Crippen molar-refractivity contribution in [2.45, 2.75) is 51.0 Å². The third-order valence-electron chi connectivity index (χ3n) is 4.81. The minimum absolute atomic E-state index is 0.175. The van der Waals surface area contributed by atoms with E-state index in [1.54, 1.807) is 29.8 Å². The molecule has 0 saturated carbocycles. The number of hydrogen-bond donors (Lipinski definition) is 1. The Bertz CT molecular complexity index is 966. The molecule has 2 heterocycles. The van der Waals surface area contributed by atoms with Crippen molar-refractivity contribution in [1.82, 2.24) is 14.1 Å². The van der Waals surface area contributed by atoms with Crippen LogP contribution in [0, 0.1) is 6.92 Å². The van der Waals surface area contributed by atoms with Gasteiger partial charge in [-0.2, -0.15) is 9.40 Å². The molecule has 3 rings (SSSR count). The number of halogens is 1. The summed E-state index contributed by atoms with van der Waals surface area (Å²) in [6.07, 6.45) is 3.65. The van der Waals surface area contributed by atoms with E-state index in [0.717, 1.165) is 25.7 Å². The second kappa shape index (κ2) is 8.63. The molecule has 7 nitrogen and oxygen atoms in total. The van der Waals surface area contributed by atoms with Crippen LogP contribution in [0.2, 0.25) is 5.15 Å². The van der Waals surface area contributed by atoms with E-state index in [4.69, 9.17) is 11.6 Å². The van der Waals surface area contributed by atoms with Crippen LogP contribution in [0.1, 0.15) is 48.7 Å². The van der Waals surface area contributed by atoms with Gasteiger partial charge in [0.1, 0.15) is 5.15 Å². The van der Waals surface area contributed by atoms with Gasteiger partial charge in [-0.05, 0) is 44.4 Å². The van der Waals surface area contributed by atoms with Crippen molar-refractivity contribution in [2.24, 2.45) is 0 Å². The van der Waals surface area contributed by atoms with Crippen molar-refractivity contribution >= 4 is 33.2 Å². The van der Waals surface area contributed by atoms with E-state index in [2.05, 4.69) is 17.3 Å². The first kappa shape index (κ1) is 20.8. The Kier molecular flexibility index (Phi) is 6.42. The zero-order valence-corrected chi connectivity index (χ0v) is 17.7. The molecule has 9 heteroatoms. The van der Waals surface area contributed by atoms with E-state index in [1.807, 2.05) is 0 Å². The number of amides is 1. The molecule has 0 atom stereocenters. The predicted molar refractivity (Wildman–Crippen MR) is 109 cm³/mol. The van der Waals surface area contributed by atoms with Gasteiger partial charge in [-0.1, -0.05) is 31.0 Å². The van der Waals surface area contributed by atoms with Crippen LogP contribution in [-0.2, 0) is 16.6 Å². The van der Waals surface area contributed by atoms with Gasteiger partial charge < -0.3 is 5.32 Å². The normalized spacial score (nSPS) is 15.1. The van der Waals surface area contributed by atoms with Crippen LogP contribution in [0.25, 0.3) is 0 Å². The SMILES string of the molecule is CCCCn1nc(C)c(C(=O)Nc2cccc(S(=O)(=O)N3CCCC3)c2)c1Cl. The average molecular weight is 425 g/mol.